The van der Waals surface area contributed by atoms with Crippen LogP contribution < -0.4 is 15.4 Å². The van der Waals surface area contributed by atoms with Gasteiger partial charge in [0.05, 0.1) is 30.4 Å². The second-order valence-corrected chi connectivity index (χ2v) is 12.7. The lowest BCUT2D eigenvalue weighted by atomic mass is 9.99. The van der Waals surface area contributed by atoms with Crippen molar-refractivity contribution in [1.82, 2.24) is 9.21 Å². The molecule has 39 heavy (non-hydrogen) atoms. The van der Waals surface area contributed by atoms with Crippen molar-refractivity contribution in [3.8, 4) is 5.75 Å². The summed E-state index contributed by atoms with van der Waals surface area (Å²) in [5.41, 5.74) is 1.04. The fourth-order valence-corrected chi connectivity index (χ4v) is 6.67. The van der Waals surface area contributed by atoms with E-state index in [-0.39, 0.29) is 52.7 Å². The zero-order valence-electron chi connectivity index (χ0n) is 21.9. The number of hydrogen-bond donors (Lipinski definition) is 3. The lowest BCUT2D eigenvalue weighted by molar-refractivity contribution is 0.0389. The Bertz CT molecular complexity index is 1400. The van der Waals surface area contributed by atoms with Crippen LogP contribution in [-0.2, 0) is 10.0 Å². The topological polar surface area (TPSA) is 128 Å². The monoisotopic (exact) mass is 572 g/mol. The number of carbonyl (C=O) groups excluding carboxylic acids is 2. The highest BCUT2D eigenvalue weighted by Crippen LogP contribution is 2.35. The van der Waals surface area contributed by atoms with Crippen LogP contribution in [0.25, 0.3) is 0 Å². The molecular weight excluding hydrogens is 540 g/mol. The summed E-state index contributed by atoms with van der Waals surface area (Å²) in [5, 5.41) is 17.1. The van der Waals surface area contributed by atoms with Gasteiger partial charge in [0.15, 0.2) is 5.75 Å². The SMILES string of the molecule is C[C@H]1CN([C@@H](C)CO)C(=O)c2cccc(NC(=O)Nc3ccccc3)c2O[C@@H]1CN(C)S(=O)(=O)c1cccs1. The zero-order valence-corrected chi connectivity index (χ0v) is 23.5. The Balaban J connectivity index is 1.69. The van der Waals surface area contributed by atoms with Crippen LogP contribution in [-0.4, -0.2) is 73.6 Å². The number of urea groups is 1. The summed E-state index contributed by atoms with van der Waals surface area (Å²) in [7, 11) is -2.27. The summed E-state index contributed by atoms with van der Waals surface area (Å²) in [6.45, 7) is 3.60. The third-order valence-electron chi connectivity index (χ3n) is 6.57. The predicted molar refractivity (Wildman–Crippen MR) is 151 cm³/mol. The van der Waals surface area contributed by atoms with E-state index in [9.17, 15) is 23.1 Å². The first-order chi connectivity index (χ1) is 18.6. The molecule has 3 N–H and O–H groups in total. The quantitative estimate of drug-likeness (QED) is 0.375. The minimum Gasteiger partial charge on any atom is -0.486 e. The number of hydrogen-bond acceptors (Lipinski definition) is 7. The number of likely N-dealkylation sites (N-methyl/N-ethyl adjacent to an activating group) is 1. The summed E-state index contributed by atoms with van der Waals surface area (Å²) >= 11 is 1.13. The number of nitrogens with zero attached hydrogens (tertiary/aromatic N) is 2. The Hall–Kier alpha value is -3.45. The molecule has 2 heterocycles. The van der Waals surface area contributed by atoms with Crippen LogP contribution in [0.1, 0.15) is 24.2 Å². The highest BCUT2D eigenvalue weighted by atomic mass is 32.2. The summed E-state index contributed by atoms with van der Waals surface area (Å²) in [6, 6.07) is 15.9. The molecule has 1 aromatic heterocycles. The number of para-hydroxylation sites is 2. The molecule has 208 valence electrons. The van der Waals surface area contributed by atoms with Gasteiger partial charge in [0.2, 0.25) is 0 Å². The first kappa shape index (κ1) is 28.6. The second kappa shape index (κ2) is 12.2. The van der Waals surface area contributed by atoms with Gasteiger partial charge in [-0.15, -0.1) is 11.3 Å². The van der Waals surface area contributed by atoms with Crippen LogP contribution in [0.2, 0.25) is 0 Å². The lowest BCUT2D eigenvalue weighted by Crippen LogP contribution is -2.50. The molecule has 4 rings (SSSR count). The van der Waals surface area contributed by atoms with Gasteiger partial charge in [0.25, 0.3) is 15.9 Å². The first-order valence-electron chi connectivity index (χ1n) is 12.5. The summed E-state index contributed by atoms with van der Waals surface area (Å²) in [6.07, 6.45) is -0.676. The molecule has 1 aliphatic heterocycles. The van der Waals surface area contributed by atoms with Crippen molar-refractivity contribution in [3.05, 3.63) is 71.6 Å². The summed E-state index contributed by atoms with van der Waals surface area (Å²) < 4.78 is 34.1. The summed E-state index contributed by atoms with van der Waals surface area (Å²) in [5.74, 6) is -0.536. The van der Waals surface area contributed by atoms with Gasteiger partial charge in [-0.3, -0.25) is 4.79 Å². The van der Waals surface area contributed by atoms with Crippen LogP contribution in [0.5, 0.6) is 5.75 Å². The van der Waals surface area contributed by atoms with Gasteiger partial charge in [0, 0.05) is 25.2 Å². The molecule has 0 fully saturated rings. The largest absolute Gasteiger partial charge is 0.486 e. The number of thiophene rings is 1. The lowest BCUT2D eigenvalue weighted by Gasteiger charge is -2.38. The minimum absolute atomic E-state index is 0.000915. The molecule has 10 nitrogen and oxygen atoms in total. The molecule has 12 heteroatoms. The maximum absolute atomic E-state index is 13.6. The maximum atomic E-state index is 13.6. The highest BCUT2D eigenvalue weighted by molar-refractivity contribution is 7.91. The number of nitrogens with one attached hydrogen (secondary N) is 2. The number of benzene rings is 2. The number of fused-ring (bicyclic) bond motifs is 1. The third-order valence-corrected chi connectivity index (χ3v) is 9.76. The molecule has 1 aliphatic rings. The molecule has 0 spiro atoms. The van der Waals surface area contributed by atoms with Crippen molar-refractivity contribution in [2.24, 2.45) is 5.92 Å². The summed E-state index contributed by atoms with van der Waals surface area (Å²) in [4.78, 5) is 28.0. The Morgan fingerprint density at radius 3 is 2.56 bits per heavy atom. The first-order valence-corrected chi connectivity index (χ1v) is 14.8. The minimum atomic E-state index is -3.75. The average molecular weight is 573 g/mol. The Morgan fingerprint density at radius 2 is 1.90 bits per heavy atom. The Kier molecular flexibility index (Phi) is 8.90. The van der Waals surface area contributed by atoms with Gasteiger partial charge in [-0.1, -0.05) is 37.3 Å². The number of carbonyl (C=O) groups is 2. The maximum Gasteiger partial charge on any atom is 0.323 e. The molecule has 0 radical (unpaired) electrons. The standard InChI is InChI=1S/C27H32N4O6S2/c1-18-15-31(19(2)17-32)26(33)21-11-7-12-22(29-27(34)28-20-9-5-4-6-10-20)25(21)37-23(18)16-30(3)39(35,36)24-13-8-14-38-24/h4-14,18-19,23,32H,15-17H2,1-3H3,(H2,28,29,34)/t18-,19-,23+/m0/s1. The highest BCUT2D eigenvalue weighted by Gasteiger charge is 2.36. The van der Waals surface area contributed by atoms with Gasteiger partial charge in [-0.25, -0.2) is 13.2 Å². The van der Waals surface area contributed by atoms with E-state index in [4.69, 9.17) is 4.74 Å². The second-order valence-electron chi connectivity index (χ2n) is 9.47. The van der Waals surface area contributed by atoms with Gasteiger partial charge < -0.3 is 25.4 Å². The average Bonchev–Trinajstić information content (AvgIpc) is 3.47. The number of aliphatic hydroxyl groups excluding tert-OH is 1. The smallest absolute Gasteiger partial charge is 0.323 e. The molecule has 2 aromatic carbocycles. The third kappa shape index (κ3) is 6.41. The number of amides is 3. The van der Waals surface area contributed by atoms with Gasteiger partial charge >= 0.3 is 6.03 Å². The molecule has 0 aliphatic carbocycles. The van der Waals surface area contributed by atoms with Gasteiger partial charge in [-0.2, -0.15) is 4.31 Å². The normalized spacial score (nSPS) is 18.5. The number of sulfonamides is 1. The molecule has 0 saturated heterocycles. The van der Waals surface area contributed by atoms with Crippen LogP contribution >= 0.6 is 11.3 Å². The van der Waals surface area contributed by atoms with E-state index in [2.05, 4.69) is 10.6 Å². The molecule has 3 amide bonds. The number of aliphatic hydroxyl groups is 1. The van der Waals surface area contributed by atoms with Crippen LogP contribution in [0.15, 0.2) is 70.3 Å². The number of ether oxygens (including phenoxy) is 1. The van der Waals surface area contributed by atoms with Gasteiger partial charge in [-0.05, 0) is 42.6 Å². The van der Waals surface area contributed by atoms with E-state index < -0.39 is 28.2 Å². The van der Waals surface area contributed by atoms with Crippen molar-refractivity contribution in [2.75, 3.05) is 37.4 Å². The van der Waals surface area contributed by atoms with Crippen molar-refractivity contribution >= 4 is 44.7 Å². The molecule has 0 unspecified atom stereocenters. The van der Waals surface area contributed by atoms with E-state index >= 15 is 0 Å². The molecular formula is C27H32N4O6S2. The Labute approximate surface area is 232 Å². The van der Waals surface area contributed by atoms with E-state index in [1.807, 2.05) is 13.0 Å². The molecule has 0 saturated carbocycles. The van der Waals surface area contributed by atoms with Crippen LogP contribution in [0.3, 0.4) is 0 Å². The van der Waals surface area contributed by atoms with E-state index in [1.54, 1.807) is 71.8 Å². The number of anilines is 2. The van der Waals surface area contributed by atoms with Crippen LogP contribution in [0.4, 0.5) is 16.2 Å². The fraction of sp³-hybridized carbons (Fsp3) is 0.333. The molecule has 3 atom stereocenters. The van der Waals surface area contributed by atoms with Crippen LogP contribution in [0, 0.1) is 5.92 Å². The molecule has 3 aromatic rings. The van der Waals surface area contributed by atoms with Crippen molar-refractivity contribution < 1.29 is 27.9 Å². The van der Waals surface area contributed by atoms with Gasteiger partial charge in [0.1, 0.15) is 10.3 Å². The van der Waals surface area contributed by atoms with E-state index in [1.165, 1.54) is 11.4 Å². The van der Waals surface area contributed by atoms with Crippen molar-refractivity contribution in [3.63, 3.8) is 0 Å². The van der Waals surface area contributed by atoms with E-state index in [0.29, 0.717) is 5.69 Å². The zero-order chi connectivity index (χ0) is 28.2. The predicted octanol–water partition coefficient (Wildman–Crippen LogP) is 3.93. The van der Waals surface area contributed by atoms with E-state index in [0.717, 1.165) is 11.3 Å². The fourth-order valence-electron chi connectivity index (χ4n) is 4.28. The Morgan fingerprint density at radius 1 is 1.15 bits per heavy atom. The molecule has 0 bridgehead atoms. The van der Waals surface area contributed by atoms with Crippen molar-refractivity contribution in [2.45, 2.75) is 30.2 Å². The number of rotatable bonds is 8. The van der Waals surface area contributed by atoms with Crippen molar-refractivity contribution in [1.29, 1.82) is 0 Å².